The van der Waals surface area contributed by atoms with Crippen LogP contribution in [0.1, 0.15) is 29.5 Å². The summed E-state index contributed by atoms with van der Waals surface area (Å²) < 4.78 is 1.51. The molecule has 0 fully saturated rings. The number of hydrogen-bond donors (Lipinski definition) is 2. The van der Waals surface area contributed by atoms with Gasteiger partial charge in [-0.05, 0) is 19.4 Å². The van der Waals surface area contributed by atoms with Crippen LogP contribution >= 0.6 is 0 Å². The van der Waals surface area contributed by atoms with Crippen LogP contribution in [0, 0.1) is 12.8 Å². The van der Waals surface area contributed by atoms with Crippen LogP contribution in [-0.2, 0) is 11.8 Å². The number of carbonyl (C=O) groups excluding carboxylic acids is 1. The van der Waals surface area contributed by atoms with Crippen LogP contribution in [0.2, 0.25) is 0 Å². The largest absolute Gasteiger partial charge is 0.481 e. The molecule has 0 saturated carbocycles. The number of aromatic nitrogens is 2. The van der Waals surface area contributed by atoms with E-state index < -0.39 is 11.9 Å². The average Bonchev–Trinajstić information content (AvgIpc) is 2.57. The molecule has 2 N–H and O–H groups in total. The first-order valence-corrected chi connectivity index (χ1v) is 5.43. The van der Waals surface area contributed by atoms with E-state index in [-0.39, 0.29) is 5.91 Å². The van der Waals surface area contributed by atoms with E-state index in [1.807, 2.05) is 6.92 Å². The topological polar surface area (TPSA) is 84.2 Å². The highest BCUT2D eigenvalue weighted by Gasteiger charge is 2.13. The predicted octanol–water partition coefficient (Wildman–Crippen LogP) is 0.569. The molecule has 0 aliphatic carbocycles. The van der Waals surface area contributed by atoms with E-state index in [0.29, 0.717) is 18.7 Å². The monoisotopic (exact) mass is 239 g/mol. The fourth-order valence-electron chi connectivity index (χ4n) is 1.44. The number of carboxylic acids is 1. The summed E-state index contributed by atoms with van der Waals surface area (Å²) >= 11 is 0. The normalized spacial score (nSPS) is 12.2. The Labute approximate surface area is 99.6 Å². The van der Waals surface area contributed by atoms with Gasteiger partial charge in [0, 0.05) is 13.6 Å². The first-order chi connectivity index (χ1) is 7.91. The van der Waals surface area contributed by atoms with Gasteiger partial charge in [-0.15, -0.1) is 0 Å². The van der Waals surface area contributed by atoms with Crippen LogP contribution in [0.3, 0.4) is 0 Å². The molecular formula is C11H17N3O3. The summed E-state index contributed by atoms with van der Waals surface area (Å²) in [5.41, 5.74) is 1.25. The van der Waals surface area contributed by atoms with Crippen LogP contribution < -0.4 is 5.32 Å². The van der Waals surface area contributed by atoms with Gasteiger partial charge in [0.25, 0.3) is 5.91 Å². The van der Waals surface area contributed by atoms with Gasteiger partial charge in [-0.25, -0.2) is 0 Å². The van der Waals surface area contributed by atoms with Crippen molar-refractivity contribution in [3.8, 4) is 0 Å². The second kappa shape index (κ2) is 5.47. The number of carbonyl (C=O) groups is 2. The summed E-state index contributed by atoms with van der Waals surface area (Å²) in [4.78, 5) is 22.3. The molecule has 1 amide bonds. The Morgan fingerprint density at radius 1 is 1.59 bits per heavy atom. The van der Waals surface area contributed by atoms with Crippen molar-refractivity contribution < 1.29 is 14.7 Å². The number of amides is 1. The maximum Gasteiger partial charge on any atom is 0.306 e. The highest BCUT2D eigenvalue weighted by Crippen LogP contribution is 2.03. The summed E-state index contributed by atoms with van der Waals surface area (Å²) in [6, 6.07) is 1.69. The Balaban J connectivity index is 2.45. The zero-order valence-corrected chi connectivity index (χ0v) is 10.2. The molecule has 1 unspecified atom stereocenters. The number of hydrogen-bond acceptors (Lipinski definition) is 3. The lowest BCUT2D eigenvalue weighted by Crippen LogP contribution is -2.28. The third-order valence-corrected chi connectivity index (χ3v) is 2.52. The minimum Gasteiger partial charge on any atom is -0.481 e. The molecule has 0 bridgehead atoms. The van der Waals surface area contributed by atoms with Crippen molar-refractivity contribution >= 4 is 11.9 Å². The Kier molecular flexibility index (Phi) is 4.25. The van der Waals surface area contributed by atoms with Crippen molar-refractivity contribution in [2.45, 2.75) is 20.3 Å². The molecule has 0 radical (unpaired) electrons. The minimum atomic E-state index is -0.851. The standard InChI is InChI=1S/C11H17N3O3/c1-7(11(16)17)4-5-12-10(15)9-6-8(2)13-14(9)3/h6-7H,4-5H2,1-3H3,(H,12,15)(H,16,17). The zero-order valence-electron chi connectivity index (χ0n) is 10.2. The first-order valence-electron chi connectivity index (χ1n) is 5.43. The maximum absolute atomic E-state index is 11.7. The summed E-state index contributed by atoms with van der Waals surface area (Å²) in [6.45, 7) is 3.77. The molecule has 1 heterocycles. The van der Waals surface area contributed by atoms with Crippen molar-refractivity contribution in [2.24, 2.45) is 13.0 Å². The third kappa shape index (κ3) is 3.58. The van der Waals surface area contributed by atoms with Crippen LogP contribution in [0.15, 0.2) is 6.07 Å². The number of nitrogens with zero attached hydrogens (tertiary/aromatic N) is 2. The van der Waals surface area contributed by atoms with E-state index in [9.17, 15) is 9.59 Å². The second-order valence-corrected chi connectivity index (χ2v) is 4.08. The molecule has 0 spiro atoms. The smallest absolute Gasteiger partial charge is 0.306 e. The van der Waals surface area contributed by atoms with Crippen molar-refractivity contribution in [3.05, 3.63) is 17.5 Å². The Hall–Kier alpha value is -1.85. The van der Waals surface area contributed by atoms with Crippen LogP contribution in [0.4, 0.5) is 0 Å². The van der Waals surface area contributed by atoms with E-state index in [2.05, 4.69) is 10.4 Å². The van der Waals surface area contributed by atoms with Crippen molar-refractivity contribution in [2.75, 3.05) is 6.54 Å². The van der Waals surface area contributed by atoms with E-state index in [0.717, 1.165) is 5.69 Å². The lowest BCUT2D eigenvalue weighted by molar-refractivity contribution is -0.141. The number of nitrogens with one attached hydrogen (secondary N) is 1. The van der Waals surface area contributed by atoms with E-state index in [4.69, 9.17) is 5.11 Å². The van der Waals surface area contributed by atoms with Crippen LogP contribution in [0.25, 0.3) is 0 Å². The Bertz CT molecular complexity index is 426. The van der Waals surface area contributed by atoms with Gasteiger partial charge in [0.1, 0.15) is 5.69 Å². The molecule has 1 aromatic rings. The van der Waals surface area contributed by atoms with Gasteiger partial charge in [-0.3, -0.25) is 14.3 Å². The van der Waals surface area contributed by atoms with Gasteiger partial charge in [0.2, 0.25) is 0 Å². The van der Waals surface area contributed by atoms with Crippen LogP contribution in [-0.4, -0.2) is 33.3 Å². The lowest BCUT2D eigenvalue weighted by Gasteiger charge is -2.07. The Morgan fingerprint density at radius 3 is 2.71 bits per heavy atom. The summed E-state index contributed by atoms with van der Waals surface area (Å²) in [7, 11) is 1.70. The van der Waals surface area contributed by atoms with Gasteiger partial charge in [0.05, 0.1) is 11.6 Å². The predicted molar refractivity (Wildman–Crippen MR) is 61.7 cm³/mol. The van der Waals surface area contributed by atoms with E-state index >= 15 is 0 Å². The molecule has 1 rings (SSSR count). The quantitative estimate of drug-likeness (QED) is 0.786. The van der Waals surface area contributed by atoms with Gasteiger partial charge in [-0.1, -0.05) is 6.92 Å². The van der Waals surface area contributed by atoms with E-state index in [1.165, 1.54) is 4.68 Å². The third-order valence-electron chi connectivity index (χ3n) is 2.52. The maximum atomic E-state index is 11.7. The molecule has 0 aliphatic rings. The fourth-order valence-corrected chi connectivity index (χ4v) is 1.44. The molecule has 1 atom stereocenters. The molecule has 0 aromatic carbocycles. The number of rotatable bonds is 5. The number of aryl methyl sites for hydroxylation is 2. The van der Waals surface area contributed by atoms with Crippen molar-refractivity contribution in [1.82, 2.24) is 15.1 Å². The molecule has 1 aromatic heterocycles. The van der Waals surface area contributed by atoms with Crippen LogP contribution in [0.5, 0.6) is 0 Å². The van der Waals surface area contributed by atoms with Gasteiger partial charge >= 0.3 is 5.97 Å². The number of aliphatic carboxylic acids is 1. The highest BCUT2D eigenvalue weighted by molar-refractivity contribution is 5.92. The summed E-state index contributed by atoms with van der Waals surface area (Å²) in [5.74, 6) is -1.54. The molecule has 6 heteroatoms. The summed E-state index contributed by atoms with van der Waals surface area (Å²) in [6.07, 6.45) is 0.415. The molecule has 0 aliphatic heterocycles. The van der Waals surface area contributed by atoms with Gasteiger partial charge < -0.3 is 10.4 Å². The molecule has 17 heavy (non-hydrogen) atoms. The fraction of sp³-hybridized carbons (Fsp3) is 0.545. The first kappa shape index (κ1) is 13.2. The van der Waals surface area contributed by atoms with Crippen molar-refractivity contribution in [3.63, 3.8) is 0 Å². The average molecular weight is 239 g/mol. The zero-order chi connectivity index (χ0) is 13.0. The summed E-state index contributed by atoms with van der Waals surface area (Å²) in [5, 5.41) is 15.4. The molecule has 94 valence electrons. The molecule has 0 saturated heterocycles. The minimum absolute atomic E-state index is 0.231. The SMILES string of the molecule is Cc1cc(C(=O)NCCC(C)C(=O)O)n(C)n1. The molecule has 6 nitrogen and oxygen atoms in total. The lowest BCUT2D eigenvalue weighted by atomic mass is 10.1. The second-order valence-electron chi connectivity index (χ2n) is 4.08. The van der Waals surface area contributed by atoms with Gasteiger partial charge in [0.15, 0.2) is 0 Å². The van der Waals surface area contributed by atoms with Gasteiger partial charge in [-0.2, -0.15) is 5.10 Å². The highest BCUT2D eigenvalue weighted by atomic mass is 16.4. The van der Waals surface area contributed by atoms with Crippen molar-refractivity contribution in [1.29, 1.82) is 0 Å². The Morgan fingerprint density at radius 2 is 2.24 bits per heavy atom. The molecular weight excluding hydrogens is 222 g/mol. The van der Waals surface area contributed by atoms with E-state index in [1.54, 1.807) is 20.0 Å². The number of carboxylic acid groups (broad SMARTS) is 1.